The highest BCUT2D eigenvalue weighted by Crippen LogP contribution is 2.27. The number of rotatable bonds is 43. The Morgan fingerprint density at radius 1 is 0.646 bits per heavy atom. The lowest BCUT2D eigenvalue weighted by Gasteiger charge is -2.43. The van der Waals surface area contributed by atoms with Crippen molar-refractivity contribution in [3.05, 3.63) is 35.9 Å². The quantitative estimate of drug-likeness (QED) is 0.0431. The summed E-state index contributed by atoms with van der Waals surface area (Å²) >= 11 is 0. The largest absolute Gasteiger partial charge is 0.462 e. The van der Waals surface area contributed by atoms with Crippen LogP contribution in [0.1, 0.15) is 252 Å². The Hall–Kier alpha value is -2.53. The van der Waals surface area contributed by atoms with Crippen molar-refractivity contribution in [3.63, 3.8) is 0 Å². The van der Waals surface area contributed by atoms with Crippen LogP contribution in [0.4, 0.5) is 0 Å². The first-order valence-electron chi connectivity index (χ1n) is 27.5. The number of aliphatic hydroxyl groups is 2. The first-order chi connectivity index (χ1) is 32.2. The summed E-state index contributed by atoms with van der Waals surface area (Å²) in [6.45, 7) is 6.19. The van der Waals surface area contributed by atoms with Gasteiger partial charge in [-0.2, -0.15) is 0 Å². The van der Waals surface area contributed by atoms with E-state index in [-0.39, 0.29) is 19.0 Å². The zero-order valence-electron chi connectivity index (χ0n) is 42.6. The summed E-state index contributed by atoms with van der Waals surface area (Å²) in [4.78, 5) is 40.8. The number of carbonyl (C=O) groups is 3. The molecule has 2 unspecified atom stereocenters. The average Bonchev–Trinajstić information content (AvgIpc) is 3.31. The summed E-state index contributed by atoms with van der Waals surface area (Å²) in [6, 6.07) is 8.23. The van der Waals surface area contributed by atoms with Crippen molar-refractivity contribution in [2.45, 2.75) is 289 Å². The smallest absolute Gasteiger partial charge is 0.306 e. The van der Waals surface area contributed by atoms with Gasteiger partial charge >= 0.3 is 11.9 Å². The van der Waals surface area contributed by atoms with E-state index in [1.165, 1.54) is 122 Å². The molecule has 1 fully saturated rings. The third kappa shape index (κ3) is 29.8. The molecule has 0 aliphatic carbocycles. The van der Waals surface area contributed by atoms with E-state index in [4.69, 9.17) is 20.3 Å². The van der Waals surface area contributed by atoms with Gasteiger partial charge in [0.1, 0.15) is 24.4 Å². The van der Waals surface area contributed by atoms with Crippen molar-refractivity contribution >= 4 is 17.8 Å². The standard InChI is InChI=1S/C55H97NO9/c1-4-7-10-13-16-19-21-24-27-30-36-41-50(59)63-47(40-35-29-26-23-18-15-12-9-6-3)43-49(58)56-52-54(65-51(60)42-37-31-28-25-22-20-17-14-11-8-5-2)53(61)48(44-57)64-55(52)62-45-46-38-33-32-34-39-46/h32-34,38-39,47-48,52-55,57,61H,4-31,35-37,40-45H2,1-3H3,(H,56,58)/t47-,48-,52-,53-,54-,55?/m1/s1/i42D/t42?,47-,48-,52-,53-,54-,55?. The second-order valence-electron chi connectivity index (χ2n) is 18.9. The molecule has 3 N–H and O–H groups in total. The molecule has 0 spiro atoms. The molecular weight excluding hydrogens is 819 g/mol. The summed E-state index contributed by atoms with van der Waals surface area (Å²) in [7, 11) is 0. The van der Waals surface area contributed by atoms with E-state index in [0.29, 0.717) is 25.7 Å². The minimum atomic E-state index is -1.51. The van der Waals surface area contributed by atoms with Crippen LogP contribution in [0.2, 0.25) is 0 Å². The van der Waals surface area contributed by atoms with E-state index >= 15 is 0 Å². The van der Waals surface area contributed by atoms with Gasteiger partial charge in [-0.25, -0.2) is 0 Å². The topological polar surface area (TPSA) is 141 Å². The van der Waals surface area contributed by atoms with Gasteiger partial charge in [-0.3, -0.25) is 14.4 Å². The van der Waals surface area contributed by atoms with Crippen LogP contribution in [0.15, 0.2) is 30.3 Å². The Bertz CT molecular complexity index is 1320. The number of carbonyl (C=O) groups excluding carboxylic acids is 3. The number of ether oxygens (including phenoxy) is 4. The fourth-order valence-electron chi connectivity index (χ4n) is 8.81. The number of hydrogen-bond acceptors (Lipinski definition) is 9. The van der Waals surface area contributed by atoms with Gasteiger partial charge in [0.15, 0.2) is 12.4 Å². The van der Waals surface area contributed by atoms with Crippen LogP contribution < -0.4 is 5.32 Å². The zero-order valence-corrected chi connectivity index (χ0v) is 41.6. The molecule has 0 radical (unpaired) electrons. The number of esters is 2. The maximum Gasteiger partial charge on any atom is 0.306 e. The normalized spacial score (nSPS) is 19.6. The Labute approximate surface area is 398 Å². The first kappa shape index (κ1) is 56.8. The minimum Gasteiger partial charge on any atom is -0.462 e. The molecule has 1 amide bonds. The third-order valence-electron chi connectivity index (χ3n) is 12.9. The van der Waals surface area contributed by atoms with Crippen LogP contribution in [-0.4, -0.2) is 71.4 Å². The predicted octanol–water partition coefficient (Wildman–Crippen LogP) is 13.3. The van der Waals surface area contributed by atoms with E-state index in [1.807, 2.05) is 30.3 Å². The number of unbranched alkanes of at least 4 members (excludes halogenated alkanes) is 27. The molecule has 1 saturated heterocycles. The van der Waals surface area contributed by atoms with Crippen molar-refractivity contribution in [2.24, 2.45) is 0 Å². The Balaban J connectivity index is 2.09. The lowest BCUT2D eigenvalue weighted by Crippen LogP contribution is -2.66. The van der Waals surface area contributed by atoms with E-state index < -0.39 is 61.6 Å². The first-order valence-corrected chi connectivity index (χ1v) is 26.9. The molecule has 1 aromatic carbocycles. The van der Waals surface area contributed by atoms with Crippen LogP contribution in [0, 0.1) is 0 Å². The van der Waals surface area contributed by atoms with Gasteiger partial charge < -0.3 is 34.5 Å². The van der Waals surface area contributed by atoms with Crippen LogP contribution >= 0.6 is 0 Å². The van der Waals surface area contributed by atoms with Crippen molar-refractivity contribution in [1.29, 1.82) is 0 Å². The minimum absolute atomic E-state index is 0.0878. The van der Waals surface area contributed by atoms with Gasteiger partial charge in [0.05, 0.1) is 19.6 Å². The fourth-order valence-corrected chi connectivity index (χ4v) is 8.81. The van der Waals surface area contributed by atoms with E-state index in [1.54, 1.807) is 0 Å². The number of amides is 1. The highest BCUT2D eigenvalue weighted by Gasteiger charge is 2.48. The molecule has 1 aromatic rings. The van der Waals surface area contributed by atoms with Gasteiger partial charge in [0, 0.05) is 14.2 Å². The van der Waals surface area contributed by atoms with Crippen LogP contribution in [0.5, 0.6) is 0 Å². The van der Waals surface area contributed by atoms with Gasteiger partial charge in [-0.05, 0) is 31.2 Å². The summed E-state index contributed by atoms with van der Waals surface area (Å²) < 4.78 is 32.8. The van der Waals surface area contributed by atoms with Crippen molar-refractivity contribution in [1.82, 2.24) is 5.32 Å². The van der Waals surface area contributed by atoms with Crippen LogP contribution in [-0.2, 0) is 39.9 Å². The van der Waals surface area contributed by atoms with Gasteiger partial charge in [0.2, 0.25) is 5.91 Å². The highest BCUT2D eigenvalue weighted by atomic mass is 16.7. The molecule has 10 heteroatoms. The molecular formula is C55H97NO9. The van der Waals surface area contributed by atoms with Gasteiger partial charge in [-0.1, -0.05) is 231 Å². The highest BCUT2D eigenvalue weighted by molar-refractivity contribution is 5.78. The Morgan fingerprint density at radius 3 is 1.60 bits per heavy atom. The molecule has 376 valence electrons. The zero-order chi connectivity index (χ0) is 47.9. The number of hydrogen-bond donors (Lipinski definition) is 3. The van der Waals surface area contributed by atoms with Crippen molar-refractivity contribution in [3.8, 4) is 0 Å². The third-order valence-corrected chi connectivity index (χ3v) is 12.9. The maximum atomic E-state index is 14.1. The maximum absolute atomic E-state index is 14.1. The second-order valence-corrected chi connectivity index (χ2v) is 18.9. The number of benzene rings is 1. The second kappa shape index (κ2) is 40.5. The molecule has 0 saturated carbocycles. The molecule has 1 heterocycles. The molecule has 7 atom stereocenters. The van der Waals surface area contributed by atoms with Crippen LogP contribution in [0.3, 0.4) is 0 Å². The van der Waals surface area contributed by atoms with Crippen molar-refractivity contribution < 1.29 is 44.9 Å². The van der Waals surface area contributed by atoms with E-state index in [9.17, 15) is 24.6 Å². The number of nitrogens with one attached hydrogen (secondary N) is 1. The fraction of sp³-hybridized carbons (Fsp3) is 0.836. The predicted molar refractivity (Wildman–Crippen MR) is 263 cm³/mol. The SMILES string of the molecule is [2H]C(CCCCCCCCCCCC)C(=O)O[C@H]1[C@H](O)[C@@H](CO)OC(OCc2ccccc2)[C@@H]1NC(=O)C[C@@H](CCCCCCCCCCC)OC(=O)CCCCCCCCCCCCC. The van der Waals surface area contributed by atoms with Crippen LogP contribution in [0.25, 0.3) is 0 Å². The summed E-state index contributed by atoms with van der Waals surface area (Å²) in [6.07, 6.45) is 28.6. The van der Waals surface area contributed by atoms with Gasteiger partial charge in [0.25, 0.3) is 0 Å². The number of aliphatic hydroxyl groups excluding tert-OH is 2. The van der Waals surface area contributed by atoms with Gasteiger partial charge in [-0.15, -0.1) is 0 Å². The summed E-state index contributed by atoms with van der Waals surface area (Å²) in [5.41, 5.74) is 0.833. The monoisotopic (exact) mass is 917 g/mol. The van der Waals surface area contributed by atoms with Crippen molar-refractivity contribution in [2.75, 3.05) is 6.61 Å². The summed E-state index contributed by atoms with van der Waals surface area (Å²) in [5, 5.41) is 24.6. The Morgan fingerprint density at radius 2 is 1.11 bits per heavy atom. The summed E-state index contributed by atoms with van der Waals surface area (Å²) in [5.74, 6) is -1.58. The molecule has 2 rings (SSSR count). The molecule has 1 aliphatic rings. The molecule has 65 heavy (non-hydrogen) atoms. The lowest BCUT2D eigenvalue weighted by atomic mass is 9.96. The molecule has 0 bridgehead atoms. The average molecular weight is 917 g/mol. The molecule has 0 aromatic heterocycles. The van der Waals surface area contributed by atoms with E-state index in [0.717, 1.165) is 69.8 Å². The molecule has 1 aliphatic heterocycles. The Kier molecular flexibility index (Phi) is 35.4. The molecule has 10 nitrogen and oxygen atoms in total. The van der Waals surface area contributed by atoms with E-state index in [2.05, 4.69) is 26.1 Å². The lowest BCUT2D eigenvalue weighted by molar-refractivity contribution is -0.276.